The van der Waals surface area contributed by atoms with Gasteiger partial charge < -0.3 is 10.4 Å². The molecule has 2 N–H and O–H groups in total. The average Bonchev–Trinajstić information content (AvgIpc) is 2.03. The fourth-order valence-electron chi connectivity index (χ4n) is 1.34. The van der Waals surface area contributed by atoms with E-state index in [9.17, 15) is 5.11 Å². The van der Waals surface area contributed by atoms with Gasteiger partial charge in [-0.3, -0.25) is 0 Å². The lowest BCUT2D eigenvalue weighted by molar-refractivity contribution is 0.160. The van der Waals surface area contributed by atoms with Crippen molar-refractivity contribution in [3.63, 3.8) is 0 Å². The van der Waals surface area contributed by atoms with E-state index in [1.165, 1.54) is 12.8 Å². The van der Waals surface area contributed by atoms with Crippen molar-refractivity contribution < 1.29 is 5.11 Å². The smallest absolute Gasteiger partial charge is 0.0664 e. The van der Waals surface area contributed by atoms with Gasteiger partial charge in [-0.1, -0.05) is 27.2 Å². The number of rotatable bonds is 8. The molecule has 2 nitrogen and oxygen atoms in total. The van der Waals surface area contributed by atoms with Crippen molar-refractivity contribution in [3.8, 4) is 0 Å². The van der Waals surface area contributed by atoms with E-state index in [0.29, 0.717) is 0 Å². The van der Waals surface area contributed by atoms with Gasteiger partial charge in [0.2, 0.25) is 0 Å². The molecular formula is C11H25NO. The van der Waals surface area contributed by atoms with Crippen LogP contribution in [0.3, 0.4) is 0 Å². The van der Waals surface area contributed by atoms with E-state index in [1.807, 2.05) is 0 Å². The van der Waals surface area contributed by atoms with Crippen LogP contribution in [0, 0.1) is 5.92 Å². The SMILES string of the molecule is CCCC(O)CNCCCC(C)C. The van der Waals surface area contributed by atoms with E-state index in [2.05, 4.69) is 26.1 Å². The summed E-state index contributed by atoms with van der Waals surface area (Å²) in [5.41, 5.74) is 0. The van der Waals surface area contributed by atoms with Gasteiger partial charge in [-0.05, 0) is 31.7 Å². The molecule has 13 heavy (non-hydrogen) atoms. The number of aliphatic hydroxyl groups excluding tert-OH is 1. The zero-order chi connectivity index (χ0) is 10.1. The first-order chi connectivity index (χ1) is 6.16. The summed E-state index contributed by atoms with van der Waals surface area (Å²) in [5, 5.41) is 12.7. The number of aliphatic hydroxyl groups is 1. The van der Waals surface area contributed by atoms with Crippen molar-refractivity contribution in [2.75, 3.05) is 13.1 Å². The molecule has 80 valence electrons. The fraction of sp³-hybridized carbons (Fsp3) is 1.00. The van der Waals surface area contributed by atoms with Gasteiger partial charge in [0.25, 0.3) is 0 Å². The Balaban J connectivity index is 3.06. The number of nitrogens with one attached hydrogen (secondary N) is 1. The first-order valence-corrected chi connectivity index (χ1v) is 5.55. The van der Waals surface area contributed by atoms with Crippen molar-refractivity contribution in [2.45, 2.75) is 52.6 Å². The maximum Gasteiger partial charge on any atom is 0.0664 e. The van der Waals surface area contributed by atoms with Crippen LogP contribution in [-0.2, 0) is 0 Å². The Morgan fingerprint density at radius 1 is 1.23 bits per heavy atom. The third-order valence-corrected chi connectivity index (χ3v) is 2.14. The molecule has 0 aromatic rings. The van der Waals surface area contributed by atoms with Crippen LogP contribution in [-0.4, -0.2) is 24.3 Å². The Morgan fingerprint density at radius 2 is 1.92 bits per heavy atom. The lowest BCUT2D eigenvalue weighted by Crippen LogP contribution is -2.27. The molecule has 0 saturated heterocycles. The molecule has 1 atom stereocenters. The highest BCUT2D eigenvalue weighted by atomic mass is 16.3. The molecule has 0 aliphatic carbocycles. The van der Waals surface area contributed by atoms with E-state index < -0.39 is 0 Å². The molecule has 1 unspecified atom stereocenters. The Hall–Kier alpha value is -0.0800. The maximum absolute atomic E-state index is 9.40. The third kappa shape index (κ3) is 9.84. The predicted molar refractivity (Wildman–Crippen MR) is 57.9 cm³/mol. The largest absolute Gasteiger partial charge is 0.392 e. The van der Waals surface area contributed by atoms with Gasteiger partial charge >= 0.3 is 0 Å². The quantitative estimate of drug-likeness (QED) is 0.571. The lowest BCUT2D eigenvalue weighted by Gasteiger charge is -2.10. The molecule has 0 amide bonds. The molecule has 0 aliphatic heterocycles. The van der Waals surface area contributed by atoms with E-state index >= 15 is 0 Å². The summed E-state index contributed by atoms with van der Waals surface area (Å²) < 4.78 is 0. The molecular weight excluding hydrogens is 162 g/mol. The minimum atomic E-state index is -0.149. The Kier molecular flexibility index (Phi) is 8.46. The Labute approximate surface area is 82.7 Å². The molecule has 0 heterocycles. The van der Waals surface area contributed by atoms with Crippen LogP contribution in [0.2, 0.25) is 0 Å². The summed E-state index contributed by atoms with van der Waals surface area (Å²) >= 11 is 0. The van der Waals surface area contributed by atoms with Crippen molar-refractivity contribution in [1.29, 1.82) is 0 Å². The Morgan fingerprint density at radius 3 is 2.46 bits per heavy atom. The zero-order valence-corrected chi connectivity index (χ0v) is 9.34. The van der Waals surface area contributed by atoms with E-state index in [0.717, 1.165) is 31.8 Å². The summed E-state index contributed by atoms with van der Waals surface area (Å²) in [5.74, 6) is 0.794. The second-order valence-electron chi connectivity index (χ2n) is 4.18. The molecule has 0 aliphatic rings. The van der Waals surface area contributed by atoms with E-state index in [1.54, 1.807) is 0 Å². The van der Waals surface area contributed by atoms with Crippen molar-refractivity contribution in [3.05, 3.63) is 0 Å². The third-order valence-electron chi connectivity index (χ3n) is 2.14. The Bertz CT molecular complexity index is 104. The van der Waals surface area contributed by atoms with Crippen LogP contribution >= 0.6 is 0 Å². The summed E-state index contributed by atoms with van der Waals surface area (Å²) in [6.07, 6.45) is 4.32. The highest BCUT2D eigenvalue weighted by Crippen LogP contribution is 2.01. The van der Waals surface area contributed by atoms with Crippen LogP contribution in [0.15, 0.2) is 0 Å². The van der Waals surface area contributed by atoms with Crippen LogP contribution in [0.1, 0.15) is 46.5 Å². The minimum absolute atomic E-state index is 0.149. The predicted octanol–water partition coefficient (Wildman–Crippen LogP) is 2.17. The first-order valence-electron chi connectivity index (χ1n) is 5.55. The van der Waals surface area contributed by atoms with Crippen LogP contribution < -0.4 is 5.32 Å². The maximum atomic E-state index is 9.40. The monoisotopic (exact) mass is 187 g/mol. The van der Waals surface area contributed by atoms with Crippen molar-refractivity contribution >= 4 is 0 Å². The molecule has 0 saturated carbocycles. The topological polar surface area (TPSA) is 32.3 Å². The summed E-state index contributed by atoms with van der Waals surface area (Å²) in [6.45, 7) is 8.38. The highest BCUT2D eigenvalue weighted by molar-refractivity contribution is 4.58. The number of hydrogen-bond donors (Lipinski definition) is 2. The zero-order valence-electron chi connectivity index (χ0n) is 9.34. The van der Waals surface area contributed by atoms with E-state index in [4.69, 9.17) is 0 Å². The molecule has 0 radical (unpaired) electrons. The molecule has 0 spiro atoms. The fourth-order valence-corrected chi connectivity index (χ4v) is 1.34. The molecule has 2 heteroatoms. The van der Waals surface area contributed by atoms with Crippen LogP contribution in [0.5, 0.6) is 0 Å². The number of hydrogen-bond acceptors (Lipinski definition) is 2. The normalized spacial score (nSPS) is 13.6. The average molecular weight is 187 g/mol. The van der Waals surface area contributed by atoms with Crippen LogP contribution in [0.4, 0.5) is 0 Å². The van der Waals surface area contributed by atoms with Gasteiger partial charge in [0, 0.05) is 6.54 Å². The summed E-state index contributed by atoms with van der Waals surface area (Å²) in [4.78, 5) is 0. The van der Waals surface area contributed by atoms with Gasteiger partial charge in [-0.15, -0.1) is 0 Å². The second-order valence-corrected chi connectivity index (χ2v) is 4.18. The first kappa shape index (κ1) is 12.9. The van der Waals surface area contributed by atoms with Gasteiger partial charge in [0.05, 0.1) is 6.10 Å². The van der Waals surface area contributed by atoms with E-state index in [-0.39, 0.29) is 6.10 Å². The molecule has 0 aromatic carbocycles. The molecule has 0 fully saturated rings. The second kappa shape index (κ2) is 8.52. The molecule has 0 bridgehead atoms. The summed E-state index contributed by atoms with van der Waals surface area (Å²) in [6, 6.07) is 0. The van der Waals surface area contributed by atoms with Gasteiger partial charge in [0.15, 0.2) is 0 Å². The lowest BCUT2D eigenvalue weighted by atomic mass is 10.1. The van der Waals surface area contributed by atoms with Crippen molar-refractivity contribution in [1.82, 2.24) is 5.32 Å². The standard InChI is InChI=1S/C11H25NO/c1-4-6-11(13)9-12-8-5-7-10(2)3/h10-13H,4-9H2,1-3H3. The van der Waals surface area contributed by atoms with Gasteiger partial charge in [-0.2, -0.15) is 0 Å². The van der Waals surface area contributed by atoms with Crippen LogP contribution in [0.25, 0.3) is 0 Å². The summed E-state index contributed by atoms with van der Waals surface area (Å²) in [7, 11) is 0. The van der Waals surface area contributed by atoms with Gasteiger partial charge in [0.1, 0.15) is 0 Å². The molecule has 0 rings (SSSR count). The molecule has 0 aromatic heterocycles. The van der Waals surface area contributed by atoms with Gasteiger partial charge in [-0.25, -0.2) is 0 Å². The minimum Gasteiger partial charge on any atom is -0.392 e. The van der Waals surface area contributed by atoms with Crippen molar-refractivity contribution in [2.24, 2.45) is 5.92 Å². The highest BCUT2D eigenvalue weighted by Gasteiger charge is 2.00.